The predicted molar refractivity (Wildman–Crippen MR) is 95.1 cm³/mol. The minimum atomic E-state index is -0.123. The van der Waals surface area contributed by atoms with Gasteiger partial charge in [-0.2, -0.15) is 12.6 Å². The molecule has 0 amide bonds. The van der Waals surface area contributed by atoms with Gasteiger partial charge < -0.3 is 4.74 Å². The molecule has 0 aromatic heterocycles. The fourth-order valence-electron chi connectivity index (χ4n) is 2.66. The second-order valence-electron chi connectivity index (χ2n) is 6.07. The minimum Gasteiger partial charge on any atom is -0.463 e. The van der Waals surface area contributed by atoms with E-state index in [2.05, 4.69) is 19.6 Å². The van der Waals surface area contributed by atoms with Crippen molar-refractivity contribution in [2.75, 3.05) is 5.75 Å². The lowest BCUT2D eigenvalue weighted by Gasteiger charge is -2.17. The second kappa shape index (κ2) is 16.2. The van der Waals surface area contributed by atoms with E-state index >= 15 is 0 Å². The Labute approximate surface area is 137 Å². The maximum absolute atomic E-state index is 11.2. The Hall–Kier alpha value is -0.180. The summed E-state index contributed by atoms with van der Waals surface area (Å²) in [5.41, 5.74) is 0. The molecule has 0 spiro atoms. The van der Waals surface area contributed by atoms with Crippen LogP contribution in [-0.2, 0) is 9.53 Å². The van der Waals surface area contributed by atoms with Gasteiger partial charge in [0, 0.05) is 6.92 Å². The minimum absolute atomic E-state index is 0.123. The van der Waals surface area contributed by atoms with Gasteiger partial charge in [0.25, 0.3) is 0 Å². The number of carbonyl (C=O) groups is 1. The summed E-state index contributed by atoms with van der Waals surface area (Å²) in [5.74, 6) is 0.893. The van der Waals surface area contributed by atoms with Crippen LogP contribution in [-0.4, -0.2) is 17.8 Å². The number of rotatable bonds is 15. The summed E-state index contributed by atoms with van der Waals surface area (Å²) in [4.78, 5) is 11.2. The van der Waals surface area contributed by atoms with E-state index in [1.807, 2.05) is 0 Å². The van der Waals surface area contributed by atoms with Crippen molar-refractivity contribution >= 4 is 18.6 Å². The first kappa shape index (κ1) is 20.8. The molecule has 0 rings (SSSR count). The molecule has 0 fully saturated rings. The Balaban J connectivity index is 3.58. The molecule has 0 aliphatic heterocycles. The van der Waals surface area contributed by atoms with Crippen LogP contribution in [0.4, 0.5) is 0 Å². The van der Waals surface area contributed by atoms with Crippen LogP contribution in [0.5, 0.6) is 0 Å². The first-order valence-corrected chi connectivity index (χ1v) is 9.62. The van der Waals surface area contributed by atoms with Crippen LogP contribution in [0.2, 0.25) is 0 Å². The van der Waals surface area contributed by atoms with Gasteiger partial charge in [0.05, 0.1) is 0 Å². The maximum atomic E-state index is 11.2. The molecule has 0 heterocycles. The summed E-state index contributed by atoms with van der Waals surface area (Å²) < 4.78 is 5.44. The zero-order valence-corrected chi connectivity index (χ0v) is 15.1. The fourth-order valence-corrected chi connectivity index (χ4v) is 2.89. The van der Waals surface area contributed by atoms with Crippen LogP contribution in [0.15, 0.2) is 0 Å². The van der Waals surface area contributed by atoms with Gasteiger partial charge in [0.1, 0.15) is 6.10 Å². The van der Waals surface area contributed by atoms with Gasteiger partial charge in [-0.15, -0.1) is 0 Å². The zero-order chi connectivity index (χ0) is 15.8. The number of hydrogen-bond donors (Lipinski definition) is 1. The third-order valence-electron chi connectivity index (χ3n) is 3.90. The topological polar surface area (TPSA) is 26.3 Å². The highest BCUT2D eigenvalue weighted by Crippen LogP contribution is 2.16. The molecule has 0 N–H and O–H groups in total. The Morgan fingerprint density at radius 1 is 0.857 bits per heavy atom. The van der Waals surface area contributed by atoms with E-state index in [0.29, 0.717) is 0 Å². The van der Waals surface area contributed by atoms with Crippen molar-refractivity contribution in [3.05, 3.63) is 0 Å². The second-order valence-corrected chi connectivity index (χ2v) is 6.52. The molecule has 0 aliphatic rings. The van der Waals surface area contributed by atoms with E-state index in [1.165, 1.54) is 77.6 Å². The maximum Gasteiger partial charge on any atom is 0.302 e. The molecule has 126 valence electrons. The Kier molecular flexibility index (Phi) is 16.1. The van der Waals surface area contributed by atoms with Crippen molar-refractivity contribution in [1.82, 2.24) is 0 Å². The highest BCUT2D eigenvalue weighted by atomic mass is 32.1. The Morgan fingerprint density at radius 2 is 1.33 bits per heavy atom. The molecule has 0 saturated carbocycles. The van der Waals surface area contributed by atoms with Crippen molar-refractivity contribution in [1.29, 1.82) is 0 Å². The van der Waals surface area contributed by atoms with Crippen molar-refractivity contribution in [3.63, 3.8) is 0 Å². The summed E-state index contributed by atoms with van der Waals surface area (Å²) in [7, 11) is 0. The number of esters is 1. The number of carbonyl (C=O) groups excluding carboxylic acids is 1. The lowest BCUT2D eigenvalue weighted by atomic mass is 10.0. The van der Waals surface area contributed by atoms with E-state index in [1.54, 1.807) is 0 Å². The quantitative estimate of drug-likeness (QED) is 0.230. The van der Waals surface area contributed by atoms with Gasteiger partial charge in [-0.25, -0.2) is 0 Å². The molecule has 0 aromatic carbocycles. The monoisotopic (exact) mass is 316 g/mol. The number of unbranched alkanes of at least 4 members (excludes halogenated alkanes) is 9. The number of hydrogen-bond acceptors (Lipinski definition) is 3. The molecule has 2 nitrogen and oxygen atoms in total. The van der Waals surface area contributed by atoms with E-state index in [4.69, 9.17) is 4.74 Å². The molecule has 0 saturated heterocycles. The van der Waals surface area contributed by atoms with Crippen LogP contribution >= 0.6 is 12.6 Å². The smallest absolute Gasteiger partial charge is 0.302 e. The van der Waals surface area contributed by atoms with Crippen LogP contribution < -0.4 is 0 Å². The van der Waals surface area contributed by atoms with Crippen molar-refractivity contribution < 1.29 is 9.53 Å². The van der Waals surface area contributed by atoms with E-state index in [9.17, 15) is 4.79 Å². The number of thiol groups is 1. The Bertz CT molecular complexity index is 231. The predicted octanol–water partition coefficient (Wildman–Crippen LogP) is 5.94. The number of ether oxygens (including phenoxy) is 1. The standard InChI is InChI=1S/C18H36O2S/c1-3-4-5-11-14-18(20-17(2)19)15-12-9-7-6-8-10-13-16-21/h18,21H,3-16H2,1-2H3. The molecule has 0 bridgehead atoms. The van der Waals surface area contributed by atoms with Gasteiger partial charge in [-0.05, 0) is 37.9 Å². The first-order valence-electron chi connectivity index (χ1n) is 8.98. The third kappa shape index (κ3) is 16.0. The summed E-state index contributed by atoms with van der Waals surface area (Å²) in [5, 5.41) is 0. The van der Waals surface area contributed by atoms with E-state index in [0.717, 1.165) is 18.6 Å². The van der Waals surface area contributed by atoms with E-state index in [-0.39, 0.29) is 12.1 Å². The van der Waals surface area contributed by atoms with Crippen molar-refractivity contribution in [3.8, 4) is 0 Å². The average molecular weight is 317 g/mol. The largest absolute Gasteiger partial charge is 0.463 e. The highest BCUT2D eigenvalue weighted by Gasteiger charge is 2.11. The SMILES string of the molecule is CCCCCCC(CCCCCCCCCS)OC(C)=O. The lowest BCUT2D eigenvalue weighted by molar-refractivity contribution is -0.147. The molecule has 1 unspecified atom stereocenters. The molecular formula is C18H36O2S. The summed E-state index contributed by atoms with van der Waals surface area (Å²) in [6, 6.07) is 0. The van der Waals surface area contributed by atoms with Crippen molar-refractivity contribution in [2.45, 2.75) is 103 Å². The summed E-state index contributed by atoms with van der Waals surface area (Å²) >= 11 is 4.23. The molecule has 0 radical (unpaired) electrons. The molecular weight excluding hydrogens is 280 g/mol. The van der Waals surface area contributed by atoms with Crippen molar-refractivity contribution in [2.24, 2.45) is 0 Å². The molecule has 0 aromatic rings. The van der Waals surface area contributed by atoms with E-state index < -0.39 is 0 Å². The fraction of sp³-hybridized carbons (Fsp3) is 0.944. The van der Waals surface area contributed by atoms with Crippen LogP contribution in [0, 0.1) is 0 Å². The Morgan fingerprint density at radius 3 is 1.81 bits per heavy atom. The van der Waals surface area contributed by atoms with Crippen LogP contribution in [0.25, 0.3) is 0 Å². The highest BCUT2D eigenvalue weighted by molar-refractivity contribution is 7.80. The first-order chi connectivity index (χ1) is 10.2. The summed E-state index contributed by atoms with van der Waals surface area (Å²) in [6.45, 7) is 3.75. The normalized spacial score (nSPS) is 12.3. The van der Waals surface area contributed by atoms with Gasteiger partial charge in [0.2, 0.25) is 0 Å². The van der Waals surface area contributed by atoms with Gasteiger partial charge in [0.15, 0.2) is 0 Å². The van der Waals surface area contributed by atoms with Gasteiger partial charge >= 0.3 is 5.97 Å². The van der Waals surface area contributed by atoms with Gasteiger partial charge in [-0.1, -0.05) is 58.3 Å². The zero-order valence-electron chi connectivity index (χ0n) is 14.2. The van der Waals surface area contributed by atoms with Crippen LogP contribution in [0.3, 0.4) is 0 Å². The van der Waals surface area contributed by atoms with Gasteiger partial charge in [-0.3, -0.25) is 4.79 Å². The molecule has 1 atom stereocenters. The van der Waals surface area contributed by atoms with Crippen LogP contribution in [0.1, 0.15) is 97.3 Å². The summed E-state index contributed by atoms with van der Waals surface area (Å²) in [6.07, 6.45) is 16.3. The lowest BCUT2D eigenvalue weighted by Crippen LogP contribution is -2.16. The third-order valence-corrected chi connectivity index (χ3v) is 4.21. The molecule has 3 heteroatoms. The molecule has 0 aliphatic carbocycles. The average Bonchev–Trinajstić information content (AvgIpc) is 2.45. The molecule has 21 heavy (non-hydrogen) atoms.